The highest BCUT2D eigenvalue weighted by molar-refractivity contribution is 7.32. The van der Waals surface area contributed by atoms with E-state index in [0.717, 1.165) is 81.9 Å². The van der Waals surface area contributed by atoms with Crippen molar-refractivity contribution in [2.24, 2.45) is 0 Å². The van der Waals surface area contributed by atoms with Gasteiger partial charge in [-0.3, -0.25) is 0 Å². The molecule has 0 radical (unpaired) electrons. The first-order valence-corrected chi connectivity index (χ1v) is 54.8. The highest BCUT2D eigenvalue weighted by atomic mass is 32.1. The molecule has 0 fully saturated rings. The Morgan fingerprint density at radius 2 is 0.459 bits per heavy atom. The molecule has 0 N–H and O–H groups in total. The van der Waals surface area contributed by atoms with Crippen LogP contribution in [-0.2, 0) is 38.5 Å². The van der Waals surface area contributed by atoms with Gasteiger partial charge in [0.25, 0.3) is 0 Å². The highest BCUT2D eigenvalue weighted by Crippen LogP contribution is 2.55. The quantitative estimate of drug-likeness (QED) is 0.0357. The van der Waals surface area contributed by atoms with Crippen molar-refractivity contribution in [1.82, 2.24) is 9.97 Å². The fraction of sp³-hybridized carbons (Fsp3) is 0.358. The monoisotopic (exact) mass is 1830 g/mol. The summed E-state index contributed by atoms with van der Waals surface area (Å²) in [4.78, 5) is 44.9. The summed E-state index contributed by atoms with van der Waals surface area (Å²) in [5, 5.41) is 0. The molecule has 0 aliphatic rings. The zero-order valence-electron chi connectivity index (χ0n) is 72.1. The smallest absolute Gasteiger partial charge is 0.118 e. The number of aryl methyl sites for hydroxylation is 6. The number of rotatable bonds is 46. The maximum Gasteiger partial charge on any atom is 0.118 e. The van der Waals surface area contributed by atoms with Gasteiger partial charge in [-0.2, -0.15) is 0 Å². The number of hydrogen-bond donors (Lipinski definition) is 0. The lowest BCUT2D eigenvalue weighted by molar-refractivity contribution is 0.414. The second-order valence-electron chi connectivity index (χ2n) is 32.5. The van der Waals surface area contributed by atoms with Gasteiger partial charge in [-0.05, 0) is 269 Å². The zero-order chi connectivity index (χ0) is 83.7. The Balaban J connectivity index is 0.747. The number of thiophene rings is 12. The largest absolute Gasteiger partial charge is 0.497 e. The van der Waals surface area contributed by atoms with Crippen LogP contribution in [0.4, 0.5) is 0 Å². The van der Waals surface area contributed by atoms with Crippen LogP contribution in [0.3, 0.4) is 0 Å². The molecule has 0 spiro atoms. The van der Waals surface area contributed by atoms with E-state index in [9.17, 15) is 0 Å². The number of unbranched alkanes of at least 4 members (excludes halogenated alkanes) is 18. The van der Waals surface area contributed by atoms with Gasteiger partial charge in [0, 0.05) is 139 Å². The molecule has 0 aliphatic heterocycles. The summed E-state index contributed by atoms with van der Waals surface area (Å²) in [6.45, 7) is 13.9. The van der Waals surface area contributed by atoms with E-state index in [2.05, 4.69) is 199 Å². The van der Waals surface area contributed by atoms with Crippen molar-refractivity contribution in [2.75, 3.05) is 14.2 Å². The summed E-state index contributed by atoms with van der Waals surface area (Å²) in [6, 6.07) is 69.7. The minimum absolute atomic E-state index is 0.798. The zero-order valence-corrected chi connectivity index (χ0v) is 81.9. The molecule has 0 unspecified atom stereocenters. The first-order valence-electron chi connectivity index (χ1n) is 45.0. The van der Waals surface area contributed by atoms with E-state index in [1.807, 2.05) is 160 Å². The molecule has 3 aromatic carbocycles. The summed E-state index contributed by atoms with van der Waals surface area (Å²) < 4.78 is 11.5. The van der Waals surface area contributed by atoms with E-state index in [0.29, 0.717) is 0 Å². The van der Waals surface area contributed by atoms with E-state index < -0.39 is 0 Å². The summed E-state index contributed by atoms with van der Waals surface area (Å²) in [7, 11) is 3.46. The van der Waals surface area contributed by atoms with Crippen molar-refractivity contribution < 1.29 is 9.47 Å². The minimum atomic E-state index is 0.798. The molecule has 122 heavy (non-hydrogen) atoms. The van der Waals surface area contributed by atoms with Gasteiger partial charge in [0.1, 0.15) is 11.5 Å². The van der Waals surface area contributed by atoms with Crippen LogP contribution in [-0.4, -0.2) is 24.2 Å². The van der Waals surface area contributed by atoms with Crippen molar-refractivity contribution in [3.8, 4) is 152 Å². The number of hydrogen-bond acceptors (Lipinski definition) is 16. The van der Waals surface area contributed by atoms with Crippen molar-refractivity contribution in [3.05, 3.63) is 214 Å². The topological polar surface area (TPSA) is 44.2 Å². The molecule has 16 aromatic rings. The van der Waals surface area contributed by atoms with E-state index in [1.54, 1.807) is 14.2 Å². The van der Waals surface area contributed by atoms with Crippen molar-refractivity contribution in [3.63, 3.8) is 0 Å². The fourth-order valence-corrected chi connectivity index (χ4v) is 30.6. The molecule has 632 valence electrons. The molecule has 0 saturated heterocycles. The van der Waals surface area contributed by atoms with Gasteiger partial charge in [-0.25, -0.2) is 9.97 Å². The van der Waals surface area contributed by atoms with E-state index in [4.69, 9.17) is 19.4 Å². The third kappa shape index (κ3) is 21.3. The van der Waals surface area contributed by atoms with E-state index >= 15 is 0 Å². The molecule has 0 amide bonds. The van der Waals surface area contributed by atoms with Crippen LogP contribution in [0.1, 0.15) is 228 Å². The highest BCUT2D eigenvalue weighted by Gasteiger charge is 2.27. The average Bonchev–Trinajstić information content (AvgIpc) is 1.19. The number of nitrogens with zero attached hydrogens (tertiary/aromatic N) is 2. The van der Waals surface area contributed by atoms with Crippen LogP contribution < -0.4 is 9.47 Å². The SMILES string of the molecule is CCCCCCc1ccc(-c2ccc(-c3ccc(-c4sc(-c5sc(-c6ccc(-c7ccc(-c8ccc(-c9cc(CCCCCC)c(-c%10cc(CCCCCC)c(-c%11ccc(-c%12ccc(-c%13ccc(CCCCCC)s%13)s%12)s%11)s%10)s9)s8)c8nc(-c9ccc(OC)cc9)c(-c9ccc(OC)cc9)nc78)s6)cc5CCCCCC)cc4CCCCCC)s3)s2)s1. The number of aromatic nitrogens is 2. The Morgan fingerprint density at radius 3 is 0.779 bits per heavy atom. The predicted octanol–water partition coefficient (Wildman–Crippen LogP) is 38.5. The Kier molecular flexibility index (Phi) is 31.5. The van der Waals surface area contributed by atoms with Gasteiger partial charge >= 0.3 is 0 Å². The first kappa shape index (κ1) is 88.4. The molecular formula is C106H114N2O2S12. The second-order valence-corrected chi connectivity index (χ2v) is 45.5. The van der Waals surface area contributed by atoms with Gasteiger partial charge in [0.2, 0.25) is 0 Å². The lowest BCUT2D eigenvalue weighted by Crippen LogP contribution is -1.98. The second kappa shape index (κ2) is 43.5. The molecule has 4 nitrogen and oxygen atoms in total. The van der Waals surface area contributed by atoms with Crippen molar-refractivity contribution in [2.45, 2.75) is 234 Å². The minimum Gasteiger partial charge on any atom is -0.497 e. The normalized spacial score (nSPS) is 11.8. The first-order chi connectivity index (χ1) is 60.1. The van der Waals surface area contributed by atoms with Crippen LogP contribution >= 0.6 is 136 Å². The summed E-state index contributed by atoms with van der Waals surface area (Å²) >= 11 is 23.7. The lowest BCUT2D eigenvalue weighted by atomic mass is 10.0. The molecule has 13 aromatic heterocycles. The van der Waals surface area contributed by atoms with Crippen molar-refractivity contribution >= 4 is 147 Å². The number of benzene rings is 3. The maximum atomic E-state index is 5.93. The molecule has 0 saturated carbocycles. The van der Waals surface area contributed by atoms with E-state index in [-0.39, 0.29) is 0 Å². The lowest BCUT2D eigenvalue weighted by Gasteiger charge is -2.15. The number of methoxy groups -OCH3 is 2. The molecular weight excluding hydrogens is 1720 g/mol. The summed E-state index contributed by atoms with van der Waals surface area (Å²) in [5.41, 5.74) is 13.5. The van der Waals surface area contributed by atoms with Crippen LogP contribution in [0, 0.1) is 0 Å². The third-order valence-corrected chi connectivity index (χ3v) is 38.9. The van der Waals surface area contributed by atoms with Gasteiger partial charge in [0.15, 0.2) is 0 Å². The Bertz CT molecular complexity index is 5650. The molecule has 13 heterocycles. The molecule has 16 rings (SSSR count). The van der Waals surface area contributed by atoms with Gasteiger partial charge in [0.05, 0.1) is 36.6 Å². The fourth-order valence-electron chi connectivity index (χ4n) is 16.5. The predicted molar refractivity (Wildman–Crippen MR) is 550 cm³/mol. The average molecular weight is 1830 g/mol. The third-order valence-electron chi connectivity index (χ3n) is 23.4. The molecule has 16 heteroatoms. The maximum absolute atomic E-state index is 5.93. The number of ether oxygens (including phenoxy) is 2. The standard InChI is InChI=1S/C106H114N2O2S12/c1-9-15-21-27-33-71-65-95(119-105(71)97-67-73(35-29-23-17-11-3)103(121-97)93-63-61-89(117-93)87-59-57-85(115-87)83-51-47-77(111-83)37-31-25-19-13-5)91-55-53-81(113-91)79-49-50-80(102-101(79)107-99(69-39-43-75(109-7)44-40-69)100(108-102)70-41-45-76(110-8)46-42-70)82-54-56-92(114-82)96-66-72(34-28-22-16-10-2)106(120-96)98-68-74(36-30-24-18-12-4)104(122-98)94-64-62-90(118-94)88-60-58-86(116-88)84-52-48-78(112-84)38-32-26-20-14-6/h39-68H,9-38H2,1-8H3. The van der Waals surface area contributed by atoms with Gasteiger partial charge in [-0.15, -0.1) is 136 Å². The summed E-state index contributed by atoms with van der Waals surface area (Å²) in [5.74, 6) is 1.60. The molecule has 0 bridgehead atoms. The Morgan fingerprint density at radius 1 is 0.213 bits per heavy atom. The van der Waals surface area contributed by atoms with Crippen LogP contribution in [0.2, 0.25) is 0 Å². The van der Waals surface area contributed by atoms with Gasteiger partial charge < -0.3 is 9.47 Å². The van der Waals surface area contributed by atoms with E-state index in [1.165, 1.54) is 306 Å². The van der Waals surface area contributed by atoms with Crippen LogP contribution in [0.15, 0.2) is 182 Å². The van der Waals surface area contributed by atoms with Crippen LogP contribution in [0.5, 0.6) is 11.5 Å². The van der Waals surface area contributed by atoms with Crippen molar-refractivity contribution in [1.29, 1.82) is 0 Å². The Hall–Kier alpha value is -7.00. The Labute approximate surface area is 773 Å². The van der Waals surface area contributed by atoms with Gasteiger partial charge in [-0.1, -0.05) is 169 Å². The molecule has 0 atom stereocenters. The summed E-state index contributed by atoms with van der Waals surface area (Å²) in [6.07, 6.45) is 36.9. The van der Waals surface area contributed by atoms with Crippen LogP contribution in [0.25, 0.3) is 152 Å². The number of fused-ring (bicyclic) bond motifs is 1. The molecule has 0 aliphatic carbocycles.